The van der Waals surface area contributed by atoms with Gasteiger partial charge in [-0.3, -0.25) is 9.59 Å². The van der Waals surface area contributed by atoms with Gasteiger partial charge in [-0.05, 0) is 37.6 Å². The molecule has 4 aromatic heterocycles. The van der Waals surface area contributed by atoms with Gasteiger partial charge in [-0.1, -0.05) is 18.7 Å². The summed E-state index contributed by atoms with van der Waals surface area (Å²) in [6.45, 7) is 3.99. The summed E-state index contributed by atoms with van der Waals surface area (Å²) < 4.78 is 16.0. The fraction of sp³-hybridized carbons (Fsp3) is 0.273. The number of hydrogen-bond acceptors (Lipinski definition) is 9. The van der Waals surface area contributed by atoms with Crippen molar-refractivity contribution in [1.82, 2.24) is 15.0 Å². The zero-order valence-electron chi connectivity index (χ0n) is 18.0. The van der Waals surface area contributed by atoms with Crippen LogP contribution in [-0.4, -0.2) is 38.7 Å². The van der Waals surface area contributed by atoms with Gasteiger partial charge in [0.15, 0.2) is 21.8 Å². The van der Waals surface area contributed by atoms with Crippen LogP contribution in [0.3, 0.4) is 0 Å². The second kappa shape index (κ2) is 10.5. The average molecular weight is 487 g/mol. The zero-order chi connectivity index (χ0) is 23.2. The quantitative estimate of drug-likeness (QED) is 0.237. The molecular formula is C22H22N4O5S2. The van der Waals surface area contributed by atoms with Gasteiger partial charge in [0, 0.05) is 5.38 Å². The number of thioether (sulfide) groups is 1. The van der Waals surface area contributed by atoms with E-state index >= 15 is 0 Å². The maximum absolute atomic E-state index is 12.9. The molecule has 172 valence electrons. The van der Waals surface area contributed by atoms with Gasteiger partial charge in [-0.25, -0.2) is 9.97 Å². The van der Waals surface area contributed by atoms with Crippen LogP contribution in [0.15, 0.2) is 56.2 Å². The molecule has 0 aliphatic rings. The predicted molar refractivity (Wildman–Crippen MR) is 125 cm³/mol. The number of nitrogens with zero attached hydrogens (tertiary/aromatic N) is 2. The molecule has 4 aromatic rings. The molecule has 4 rings (SSSR count). The first-order valence-electron chi connectivity index (χ1n) is 10.3. The first-order chi connectivity index (χ1) is 16.1. The highest BCUT2D eigenvalue weighted by atomic mass is 32.2. The third kappa shape index (κ3) is 5.55. The minimum Gasteiger partial charge on any atom is -0.466 e. The number of esters is 1. The second-order valence-electron chi connectivity index (χ2n) is 6.85. The van der Waals surface area contributed by atoms with Crippen LogP contribution in [-0.2, 0) is 20.7 Å². The van der Waals surface area contributed by atoms with Crippen LogP contribution in [0.25, 0.3) is 22.9 Å². The topological polar surface area (TPSA) is 123 Å². The highest BCUT2D eigenvalue weighted by Gasteiger charge is 2.24. The normalized spacial score (nSPS) is 11.9. The number of imidazole rings is 1. The van der Waals surface area contributed by atoms with Crippen LogP contribution in [0.1, 0.15) is 26.0 Å². The van der Waals surface area contributed by atoms with Crippen LogP contribution in [0.2, 0.25) is 0 Å². The Morgan fingerprint density at radius 1 is 1.18 bits per heavy atom. The zero-order valence-corrected chi connectivity index (χ0v) is 19.6. The van der Waals surface area contributed by atoms with Crippen LogP contribution >= 0.6 is 23.1 Å². The van der Waals surface area contributed by atoms with Gasteiger partial charge in [0.1, 0.15) is 11.4 Å². The molecule has 0 aliphatic heterocycles. The highest BCUT2D eigenvalue weighted by Crippen LogP contribution is 2.35. The summed E-state index contributed by atoms with van der Waals surface area (Å²) in [5.41, 5.74) is 1.85. The maximum Gasteiger partial charge on any atom is 0.311 e. The number of thiazole rings is 1. The Morgan fingerprint density at radius 3 is 2.61 bits per heavy atom. The number of rotatable bonds is 10. The highest BCUT2D eigenvalue weighted by molar-refractivity contribution is 8.00. The lowest BCUT2D eigenvalue weighted by molar-refractivity contribution is -0.142. The van der Waals surface area contributed by atoms with E-state index in [0.29, 0.717) is 51.9 Å². The van der Waals surface area contributed by atoms with Crippen molar-refractivity contribution < 1.29 is 23.2 Å². The van der Waals surface area contributed by atoms with E-state index in [-0.39, 0.29) is 18.3 Å². The molecule has 11 heteroatoms. The van der Waals surface area contributed by atoms with Gasteiger partial charge in [0.2, 0.25) is 5.91 Å². The average Bonchev–Trinajstić information content (AvgIpc) is 3.59. The fourth-order valence-corrected chi connectivity index (χ4v) is 4.67. The van der Waals surface area contributed by atoms with E-state index in [0.717, 1.165) is 0 Å². The maximum atomic E-state index is 12.9. The summed E-state index contributed by atoms with van der Waals surface area (Å²) >= 11 is 2.58. The van der Waals surface area contributed by atoms with Gasteiger partial charge in [-0.15, -0.1) is 11.3 Å². The number of aromatic nitrogens is 3. The Hall–Kier alpha value is -3.31. The van der Waals surface area contributed by atoms with E-state index in [1.807, 2.05) is 19.1 Å². The summed E-state index contributed by atoms with van der Waals surface area (Å²) in [4.78, 5) is 36.7. The number of furan rings is 2. The summed E-state index contributed by atoms with van der Waals surface area (Å²) in [5, 5.41) is 5.15. The molecular weight excluding hydrogens is 464 g/mol. The molecule has 1 amide bonds. The number of hydrogen-bond donors (Lipinski definition) is 2. The molecule has 0 aliphatic carbocycles. The van der Waals surface area contributed by atoms with E-state index in [4.69, 9.17) is 13.6 Å². The second-order valence-corrected chi connectivity index (χ2v) is 8.90. The molecule has 2 N–H and O–H groups in total. The SMILES string of the molecule is CCOC(=O)Cc1csc(NC(=O)C(CC)Sc2nc(-c3ccco3)c(-c3ccco3)[nH]2)n1. The summed E-state index contributed by atoms with van der Waals surface area (Å²) in [7, 11) is 0. The van der Waals surface area contributed by atoms with Crippen molar-refractivity contribution in [3.63, 3.8) is 0 Å². The van der Waals surface area contributed by atoms with Gasteiger partial charge in [-0.2, -0.15) is 0 Å². The largest absolute Gasteiger partial charge is 0.466 e. The lowest BCUT2D eigenvalue weighted by atomic mass is 10.2. The number of amides is 1. The number of anilines is 1. The molecule has 33 heavy (non-hydrogen) atoms. The molecule has 0 saturated heterocycles. The summed E-state index contributed by atoms with van der Waals surface area (Å²) in [6.07, 6.45) is 3.81. The van der Waals surface area contributed by atoms with E-state index in [1.54, 1.807) is 37.0 Å². The fourth-order valence-electron chi connectivity index (χ4n) is 3.05. The smallest absolute Gasteiger partial charge is 0.311 e. The van der Waals surface area contributed by atoms with Crippen molar-refractivity contribution in [3.8, 4) is 22.9 Å². The Bertz CT molecular complexity index is 1150. The number of carbonyl (C=O) groups excluding carboxylic acids is 2. The summed E-state index contributed by atoms with van der Waals surface area (Å²) in [5.74, 6) is 0.671. The Kier molecular flexibility index (Phi) is 7.30. The van der Waals surface area contributed by atoms with Crippen molar-refractivity contribution in [1.29, 1.82) is 0 Å². The Labute approximate surface area is 198 Å². The minimum atomic E-state index is -0.414. The molecule has 4 heterocycles. The van der Waals surface area contributed by atoms with Gasteiger partial charge >= 0.3 is 5.97 Å². The molecule has 0 saturated carbocycles. The van der Waals surface area contributed by atoms with E-state index < -0.39 is 5.25 Å². The predicted octanol–water partition coefficient (Wildman–Crippen LogP) is 5.00. The van der Waals surface area contributed by atoms with Gasteiger partial charge in [0.05, 0.1) is 36.5 Å². The standard InChI is InChI=1S/C22H22N4O5S2/c1-3-16(20(28)26-21-23-13(12-32-21)11-17(27)29-4-2)33-22-24-18(14-7-5-9-30-14)19(25-22)15-8-6-10-31-15/h5-10,12,16H,3-4,11H2,1-2H3,(H,24,25)(H,23,26,28). The molecule has 0 aromatic carbocycles. The van der Waals surface area contributed by atoms with E-state index in [2.05, 4.69) is 20.3 Å². The number of nitrogens with one attached hydrogen (secondary N) is 2. The van der Waals surface area contributed by atoms with Crippen molar-refractivity contribution in [3.05, 3.63) is 47.9 Å². The molecule has 0 bridgehead atoms. The molecule has 0 radical (unpaired) electrons. The Morgan fingerprint density at radius 2 is 1.94 bits per heavy atom. The first-order valence-corrected chi connectivity index (χ1v) is 12.1. The van der Waals surface area contributed by atoms with E-state index in [9.17, 15) is 9.59 Å². The molecule has 1 atom stereocenters. The van der Waals surface area contributed by atoms with Crippen molar-refractivity contribution >= 4 is 40.1 Å². The van der Waals surface area contributed by atoms with Gasteiger partial charge in [0.25, 0.3) is 0 Å². The van der Waals surface area contributed by atoms with Crippen LogP contribution in [0, 0.1) is 0 Å². The van der Waals surface area contributed by atoms with Gasteiger partial charge < -0.3 is 23.9 Å². The van der Waals surface area contributed by atoms with Crippen molar-refractivity contribution in [2.75, 3.05) is 11.9 Å². The van der Waals surface area contributed by atoms with E-state index in [1.165, 1.54) is 23.1 Å². The number of carbonyl (C=O) groups is 2. The lowest BCUT2D eigenvalue weighted by Crippen LogP contribution is -2.24. The van der Waals surface area contributed by atoms with Crippen LogP contribution in [0.5, 0.6) is 0 Å². The molecule has 9 nitrogen and oxygen atoms in total. The number of H-pyrrole nitrogens is 1. The Balaban J connectivity index is 1.47. The molecule has 0 spiro atoms. The molecule has 0 fully saturated rings. The van der Waals surface area contributed by atoms with Crippen molar-refractivity contribution in [2.45, 2.75) is 37.1 Å². The van der Waals surface area contributed by atoms with Crippen LogP contribution < -0.4 is 5.32 Å². The lowest BCUT2D eigenvalue weighted by Gasteiger charge is -2.11. The minimum absolute atomic E-state index is 0.0731. The number of ether oxygens (including phenoxy) is 1. The van der Waals surface area contributed by atoms with Crippen LogP contribution in [0.4, 0.5) is 5.13 Å². The third-order valence-corrected chi connectivity index (χ3v) is 6.59. The monoisotopic (exact) mass is 486 g/mol. The van der Waals surface area contributed by atoms with Crippen molar-refractivity contribution in [2.24, 2.45) is 0 Å². The third-order valence-electron chi connectivity index (χ3n) is 4.53. The summed E-state index contributed by atoms with van der Waals surface area (Å²) in [6, 6.07) is 7.23. The first kappa shape index (κ1) is 22.9. The number of aromatic amines is 1. The molecule has 1 unspecified atom stereocenters.